The van der Waals surface area contributed by atoms with E-state index in [0.29, 0.717) is 11.5 Å². The number of aromatic nitrogens is 2. The summed E-state index contributed by atoms with van der Waals surface area (Å²) >= 11 is 5.72. The lowest BCUT2D eigenvalue weighted by atomic mass is 10.0. The average molecular weight is 255 g/mol. The Hall–Kier alpha value is -1.03. The van der Waals surface area contributed by atoms with Crippen molar-refractivity contribution in [2.24, 2.45) is 5.92 Å². The van der Waals surface area contributed by atoms with Gasteiger partial charge in [0.1, 0.15) is 0 Å². The molecule has 1 fully saturated rings. The predicted molar refractivity (Wildman–Crippen MR) is 71.1 cm³/mol. The van der Waals surface area contributed by atoms with Crippen LogP contribution < -0.4 is 11.1 Å². The van der Waals surface area contributed by atoms with E-state index in [2.05, 4.69) is 15.3 Å². The third-order valence-corrected chi connectivity index (χ3v) is 3.53. The van der Waals surface area contributed by atoms with Gasteiger partial charge in [0.05, 0.1) is 11.9 Å². The van der Waals surface area contributed by atoms with Gasteiger partial charge < -0.3 is 11.1 Å². The minimum atomic E-state index is 0.234. The SMILES string of the molecule is Nc1cnc(Cl)nc1NCCCC1CCCC1. The van der Waals surface area contributed by atoms with Crippen molar-refractivity contribution in [2.45, 2.75) is 38.5 Å². The molecule has 1 aromatic rings. The lowest BCUT2D eigenvalue weighted by Gasteiger charge is -2.10. The van der Waals surface area contributed by atoms with E-state index in [-0.39, 0.29) is 5.28 Å². The maximum absolute atomic E-state index is 5.75. The number of nitrogens with two attached hydrogens (primary N) is 1. The highest BCUT2D eigenvalue weighted by Crippen LogP contribution is 2.28. The van der Waals surface area contributed by atoms with Gasteiger partial charge in [0.15, 0.2) is 5.82 Å². The Kier molecular flexibility index (Phi) is 4.42. The van der Waals surface area contributed by atoms with E-state index in [1.165, 1.54) is 38.3 Å². The zero-order valence-electron chi connectivity index (χ0n) is 9.95. The van der Waals surface area contributed by atoms with Crippen molar-refractivity contribution in [2.75, 3.05) is 17.6 Å². The minimum Gasteiger partial charge on any atom is -0.394 e. The largest absolute Gasteiger partial charge is 0.394 e. The number of nitrogens with zero attached hydrogens (tertiary/aromatic N) is 2. The third-order valence-electron chi connectivity index (χ3n) is 3.34. The van der Waals surface area contributed by atoms with Crippen LogP contribution in [0.25, 0.3) is 0 Å². The van der Waals surface area contributed by atoms with Crippen LogP contribution in [0.1, 0.15) is 38.5 Å². The molecule has 1 heterocycles. The number of hydrogen-bond donors (Lipinski definition) is 2. The average Bonchev–Trinajstić information content (AvgIpc) is 2.82. The van der Waals surface area contributed by atoms with Gasteiger partial charge in [-0.3, -0.25) is 0 Å². The van der Waals surface area contributed by atoms with Crippen LogP contribution in [0.15, 0.2) is 6.20 Å². The Labute approximate surface area is 107 Å². The highest BCUT2D eigenvalue weighted by Gasteiger charge is 2.14. The van der Waals surface area contributed by atoms with Crippen LogP contribution in [0.3, 0.4) is 0 Å². The molecule has 1 aliphatic rings. The van der Waals surface area contributed by atoms with E-state index in [9.17, 15) is 0 Å². The number of anilines is 2. The van der Waals surface area contributed by atoms with E-state index >= 15 is 0 Å². The second-order valence-electron chi connectivity index (χ2n) is 4.66. The van der Waals surface area contributed by atoms with E-state index in [1.807, 2.05) is 0 Å². The Morgan fingerprint density at radius 3 is 2.94 bits per heavy atom. The van der Waals surface area contributed by atoms with Gasteiger partial charge in [-0.1, -0.05) is 25.7 Å². The van der Waals surface area contributed by atoms with Gasteiger partial charge in [0.2, 0.25) is 5.28 Å². The molecule has 1 aliphatic carbocycles. The van der Waals surface area contributed by atoms with Crippen LogP contribution in [0.2, 0.25) is 5.28 Å². The first-order valence-electron chi connectivity index (χ1n) is 6.27. The van der Waals surface area contributed by atoms with Crippen LogP contribution >= 0.6 is 11.6 Å². The van der Waals surface area contributed by atoms with E-state index in [1.54, 1.807) is 0 Å². The first-order chi connectivity index (χ1) is 8.25. The van der Waals surface area contributed by atoms with Crippen LogP contribution in [0, 0.1) is 5.92 Å². The first-order valence-corrected chi connectivity index (χ1v) is 6.65. The van der Waals surface area contributed by atoms with Crippen molar-refractivity contribution in [3.63, 3.8) is 0 Å². The zero-order valence-corrected chi connectivity index (χ0v) is 10.7. The Morgan fingerprint density at radius 2 is 2.18 bits per heavy atom. The molecule has 0 bridgehead atoms. The van der Waals surface area contributed by atoms with Gasteiger partial charge in [-0.25, -0.2) is 4.98 Å². The van der Waals surface area contributed by atoms with Gasteiger partial charge >= 0.3 is 0 Å². The molecular formula is C12H19ClN4. The van der Waals surface area contributed by atoms with Gasteiger partial charge in [-0.2, -0.15) is 4.98 Å². The van der Waals surface area contributed by atoms with Crippen molar-refractivity contribution in [3.8, 4) is 0 Å². The summed E-state index contributed by atoms with van der Waals surface area (Å²) in [6, 6.07) is 0. The summed E-state index contributed by atoms with van der Waals surface area (Å²) in [5, 5.41) is 3.45. The van der Waals surface area contributed by atoms with Gasteiger partial charge in [-0.05, 0) is 30.4 Å². The Balaban J connectivity index is 1.72. The standard InChI is InChI=1S/C12H19ClN4/c13-12-16-8-10(14)11(17-12)15-7-3-6-9-4-1-2-5-9/h8-9H,1-7,14H2,(H,15,16,17). The Morgan fingerprint density at radius 1 is 1.41 bits per heavy atom. The highest BCUT2D eigenvalue weighted by molar-refractivity contribution is 6.28. The number of hydrogen-bond acceptors (Lipinski definition) is 4. The molecule has 0 unspecified atom stereocenters. The minimum absolute atomic E-state index is 0.234. The fraction of sp³-hybridized carbons (Fsp3) is 0.667. The normalized spacial score (nSPS) is 16.3. The molecule has 3 N–H and O–H groups in total. The zero-order chi connectivity index (χ0) is 12.1. The van der Waals surface area contributed by atoms with Crippen molar-refractivity contribution >= 4 is 23.1 Å². The summed E-state index contributed by atoms with van der Waals surface area (Å²) in [5.74, 6) is 1.58. The maximum Gasteiger partial charge on any atom is 0.224 e. The summed E-state index contributed by atoms with van der Waals surface area (Å²) in [6.45, 7) is 0.897. The maximum atomic E-state index is 5.75. The quantitative estimate of drug-likeness (QED) is 0.626. The van der Waals surface area contributed by atoms with Gasteiger partial charge in [-0.15, -0.1) is 0 Å². The molecule has 1 aromatic heterocycles. The summed E-state index contributed by atoms with van der Waals surface area (Å²) in [5.41, 5.74) is 6.30. The molecule has 94 valence electrons. The fourth-order valence-electron chi connectivity index (χ4n) is 2.41. The molecule has 0 atom stereocenters. The summed E-state index contributed by atoms with van der Waals surface area (Å²) < 4.78 is 0. The Bertz CT molecular complexity index is 364. The molecule has 0 amide bonds. The van der Waals surface area contributed by atoms with Crippen LogP contribution in [-0.2, 0) is 0 Å². The molecule has 0 aromatic carbocycles. The van der Waals surface area contributed by atoms with E-state index in [4.69, 9.17) is 17.3 Å². The first kappa shape index (κ1) is 12.4. The number of nitrogen functional groups attached to an aromatic ring is 1. The molecule has 0 spiro atoms. The molecule has 5 heteroatoms. The van der Waals surface area contributed by atoms with Crippen LogP contribution in [0.4, 0.5) is 11.5 Å². The fourth-order valence-corrected chi connectivity index (χ4v) is 2.54. The number of halogens is 1. The van der Waals surface area contributed by atoms with Gasteiger partial charge in [0.25, 0.3) is 0 Å². The lowest BCUT2D eigenvalue weighted by Crippen LogP contribution is -2.08. The van der Waals surface area contributed by atoms with Crippen molar-refractivity contribution in [1.82, 2.24) is 9.97 Å². The van der Waals surface area contributed by atoms with Crippen LogP contribution in [0.5, 0.6) is 0 Å². The third kappa shape index (κ3) is 3.73. The van der Waals surface area contributed by atoms with Crippen molar-refractivity contribution in [3.05, 3.63) is 11.5 Å². The second-order valence-corrected chi connectivity index (χ2v) is 5.00. The molecule has 0 radical (unpaired) electrons. The van der Waals surface area contributed by atoms with E-state index < -0.39 is 0 Å². The van der Waals surface area contributed by atoms with Gasteiger partial charge in [0, 0.05) is 6.54 Å². The van der Waals surface area contributed by atoms with Crippen molar-refractivity contribution < 1.29 is 0 Å². The molecule has 0 aliphatic heterocycles. The molecule has 17 heavy (non-hydrogen) atoms. The van der Waals surface area contributed by atoms with Crippen LogP contribution in [-0.4, -0.2) is 16.5 Å². The molecule has 2 rings (SSSR count). The smallest absolute Gasteiger partial charge is 0.224 e. The number of nitrogens with one attached hydrogen (secondary N) is 1. The topological polar surface area (TPSA) is 63.8 Å². The molecule has 4 nitrogen and oxygen atoms in total. The summed E-state index contributed by atoms with van der Waals surface area (Å²) in [6.07, 6.45) is 9.62. The predicted octanol–water partition coefficient (Wildman–Crippen LogP) is 3.09. The molecule has 1 saturated carbocycles. The molecular weight excluding hydrogens is 236 g/mol. The highest BCUT2D eigenvalue weighted by atomic mass is 35.5. The summed E-state index contributed by atoms with van der Waals surface area (Å²) in [4.78, 5) is 7.88. The number of rotatable bonds is 5. The molecule has 0 saturated heterocycles. The van der Waals surface area contributed by atoms with Crippen molar-refractivity contribution in [1.29, 1.82) is 0 Å². The monoisotopic (exact) mass is 254 g/mol. The summed E-state index contributed by atoms with van der Waals surface area (Å²) in [7, 11) is 0. The second kappa shape index (κ2) is 6.05. The van der Waals surface area contributed by atoms with E-state index in [0.717, 1.165) is 18.9 Å². The lowest BCUT2D eigenvalue weighted by molar-refractivity contribution is 0.491.